The molecule has 0 saturated heterocycles. The van der Waals surface area contributed by atoms with E-state index in [2.05, 4.69) is 58.6 Å². The molecule has 1 atom stereocenters. The number of nitrogens with two attached hydrogens (primary N) is 1. The molecule has 0 aliphatic carbocycles. The molecule has 0 fully saturated rings. The summed E-state index contributed by atoms with van der Waals surface area (Å²) in [6.45, 7) is 5.38. The molecule has 1 unspecified atom stereocenters. The third-order valence-corrected chi connectivity index (χ3v) is 4.66. The third-order valence-electron chi connectivity index (χ3n) is 4.06. The summed E-state index contributed by atoms with van der Waals surface area (Å²) in [6.07, 6.45) is 1.92. The van der Waals surface area contributed by atoms with Gasteiger partial charge in [-0.15, -0.1) is 0 Å². The van der Waals surface area contributed by atoms with Crippen LogP contribution in [0.25, 0.3) is 11.3 Å². The molecule has 2 aromatic rings. The predicted molar refractivity (Wildman–Crippen MR) is 85.7 cm³/mol. The maximum absolute atomic E-state index is 6.11. The van der Waals surface area contributed by atoms with Crippen LogP contribution in [-0.2, 0) is 13.0 Å². The van der Waals surface area contributed by atoms with Crippen LogP contribution in [0, 0.1) is 0 Å². The van der Waals surface area contributed by atoms with Crippen molar-refractivity contribution in [1.29, 1.82) is 0 Å². The van der Waals surface area contributed by atoms with Crippen LogP contribution >= 0.6 is 15.9 Å². The normalized spacial score (nSPS) is 18.4. The van der Waals surface area contributed by atoms with Gasteiger partial charge in [0.05, 0.1) is 5.69 Å². The highest BCUT2D eigenvalue weighted by molar-refractivity contribution is 9.10. The Labute approximate surface area is 128 Å². The van der Waals surface area contributed by atoms with E-state index in [0.29, 0.717) is 5.92 Å². The topological polar surface area (TPSA) is 43.8 Å². The van der Waals surface area contributed by atoms with Gasteiger partial charge in [0.1, 0.15) is 0 Å². The van der Waals surface area contributed by atoms with E-state index in [0.717, 1.165) is 29.8 Å². The molecule has 3 rings (SSSR count). The van der Waals surface area contributed by atoms with Crippen molar-refractivity contribution >= 4 is 15.9 Å². The Balaban J connectivity index is 2.02. The number of aromatic nitrogens is 2. The second-order valence-electron chi connectivity index (χ2n) is 5.86. The summed E-state index contributed by atoms with van der Waals surface area (Å²) in [7, 11) is 0. The minimum absolute atomic E-state index is 0.250. The number of hydrogen-bond acceptors (Lipinski definition) is 2. The zero-order valence-corrected chi connectivity index (χ0v) is 13.5. The highest BCUT2D eigenvalue weighted by Gasteiger charge is 2.23. The largest absolute Gasteiger partial charge is 0.327 e. The van der Waals surface area contributed by atoms with Crippen LogP contribution in [0.5, 0.6) is 0 Å². The summed E-state index contributed by atoms with van der Waals surface area (Å²) < 4.78 is 3.16. The molecule has 0 amide bonds. The number of hydrogen-bond donors (Lipinski definition) is 1. The SMILES string of the molecule is CC(C)c1ccc(-c2nc(Br)n3c2CC(N)CC3)cc1. The lowest BCUT2D eigenvalue weighted by molar-refractivity contribution is 0.467. The Morgan fingerprint density at radius 3 is 2.65 bits per heavy atom. The van der Waals surface area contributed by atoms with Crippen LogP contribution in [0.15, 0.2) is 29.0 Å². The molecule has 1 aliphatic heterocycles. The lowest BCUT2D eigenvalue weighted by Gasteiger charge is -2.21. The Hall–Kier alpha value is -1.13. The fourth-order valence-electron chi connectivity index (χ4n) is 2.79. The molecular weight excluding hydrogens is 314 g/mol. The monoisotopic (exact) mass is 333 g/mol. The van der Waals surface area contributed by atoms with Gasteiger partial charge in [0, 0.05) is 30.3 Å². The first-order chi connectivity index (χ1) is 9.56. The first-order valence-electron chi connectivity index (χ1n) is 7.17. The molecule has 1 aliphatic rings. The van der Waals surface area contributed by atoms with E-state index in [9.17, 15) is 0 Å². The Morgan fingerprint density at radius 2 is 2.00 bits per heavy atom. The van der Waals surface area contributed by atoms with E-state index >= 15 is 0 Å². The van der Waals surface area contributed by atoms with Crippen molar-refractivity contribution in [3.05, 3.63) is 40.3 Å². The zero-order valence-electron chi connectivity index (χ0n) is 11.9. The van der Waals surface area contributed by atoms with Gasteiger partial charge < -0.3 is 10.3 Å². The molecule has 0 bridgehead atoms. The van der Waals surface area contributed by atoms with Gasteiger partial charge in [-0.05, 0) is 33.8 Å². The first kappa shape index (κ1) is 13.8. The zero-order chi connectivity index (χ0) is 14.3. The maximum Gasteiger partial charge on any atom is 0.177 e. The van der Waals surface area contributed by atoms with Gasteiger partial charge in [-0.25, -0.2) is 4.98 Å². The molecule has 4 heteroatoms. The van der Waals surface area contributed by atoms with Crippen LogP contribution in [0.1, 0.15) is 37.4 Å². The molecule has 106 valence electrons. The lowest BCUT2D eigenvalue weighted by atomic mass is 9.98. The van der Waals surface area contributed by atoms with Crippen LogP contribution < -0.4 is 5.73 Å². The van der Waals surface area contributed by atoms with Gasteiger partial charge in [0.25, 0.3) is 0 Å². The number of imidazole rings is 1. The predicted octanol–water partition coefficient (Wildman–Crippen LogP) is 3.71. The van der Waals surface area contributed by atoms with E-state index in [1.165, 1.54) is 16.8 Å². The Bertz CT molecular complexity index is 613. The standard InChI is InChI=1S/C16H20BrN3/c1-10(2)11-3-5-12(6-4-11)15-14-9-13(18)7-8-20(14)16(17)19-15/h3-6,10,13H,7-9,18H2,1-2H3. The smallest absolute Gasteiger partial charge is 0.177 e. The molecule has 1 aromatic carbocycles. The summed E-state index contributed by atoms with van der Waals surface area (Å²) >= 11 is 3.57. The van der Waals surface area contributed by atoms with Gasteiger partial charge in [-0.2, -0.15) is 0 Å². The average molecular weight is 334 g/mol. The summed E-state index contributed by atoms with van der Waals surface area (Å²) in [4.78, 5) is 4.70. The van der Waals surface area contributed by atoms with Crippen molar-refractivity contribution < 1.29 is 0 Å². The summed E-state index contributed by atoms with van der Waals surface area (Å²) in [6, 6.07) is 8.99. The fourth-order valence-corrected chi connectivity index (χ4v) is 3.36. The quantitative estimate of drug-likeness (QED) is 0.910. The summed E-state index contributed by atoms with van der Waals surface area (Å²) in [5.74, 6) is 0.556. The van der Waals surface area contributed by atoms with E-state index in [4.69, 9.17) is 10.7 Å². The number of nitrogens with zero attached hydrogens (tertiary/aromatic N) is 2. The minimum atomic E-state index is 0.250. The molecule has 20 heavy (non-hydrogen) atoms. The van der Waals surface area contributed by atoms with Crippen molar-refractivity contribution in [3.8, 4) is 11.3 Å². The Morgan fingerprint density at radius 1 is 1.30 bits per heavy atom. The van der Waals surface area contributed by atoms with Gasteiger partial charge in [-0.1, -0.05) is 38.1 Å². The van der Waals surface area contributed by atoms with Crippen molar-refractivity contribution in [1.82, 2.24) is 9.55 Å². The lowest BCUT2D eigenvalue weighted by Crippen LogP contribution is -2.30. The van der Waals surface area contributed by atoms with Gasteiger partial charge in [0.15, 0.2) is 4.73 Å². The van der Waals surface area contributed by atoms with E-state index in [1.54, 1.807) is 0 Å². The highest BCUT2D eigenvalue weighted by atomic mass is 79.9. The number of benzene rings is 1. The highest BCUT2D eigenvalue weighted by Crippen LogP contribution is 2.31. The molecule has 2 N–H and O–H groups in total. The average Bonchev–Trinajstić information content (AvgIpc) is 2.75. The summed E-state index contributed by atoms with van der Waals surface area (Å²) in [5.41, 5.74) is 11.0. The number of rotatable bonds is 2. The van der Waals surface area contributed by atoms with Crippen molar-refractivity contribution in [2.24, 2.45) is 5.73 Å². The van der Waals surface area contributed by atoms with Gasteiger partial charge in [0.2, 0.25) is 0 Å². The third kappa shape index (κ3) is 2.42. The number of fused-ring (bicyclic) bond motifs is 1. The molecule has 3 nitrogen and oxygen atoms in total. The van der Waals surface area contributed by atoms with E-state index in [1.807, 2.05) is 0 Å². The van der Waals surface area contributed by atoms with Crippen LogP contribution in [0.4, 0.5) is 0 Å². The van der Waals surface area contributed by atoms with Crippen molar-refractivity contribution in [3.63, 3.8) is 0 Å². The molecule has 0 saturated carbocycles. The maximum atomic E-state index is 6.11. The molecule has 2 heterocycles. The van der Waals surface area contributed by atoms with Crippen molar-refractivity contribution in [2.75, 3.05) is 0 Å². The minimum Gasteiger partial charge on any atom is -0.327 e. The second kappa shape index (κ2) is 5.34. The van der Waals surface area contributed by atoms with E-state index in [-0.39, 0.29) is 6.04 Å². The molecule has 0 spiro atoms. The second-order valence-corrected chi connectivity index (χ2v) is 6.57. The van der Waals surface area contributed by atoms with Crippen LogP contribution in [0.2, 0.25) is 0 Å². The molecular formula is C16H20BrN3. The molecule has 1 aromatic heterocycles. The summed E-state index contributed by atoms with van der Waals surface area (Å²) in [5, 5.41) is 0. The first-order valence-corrected chi connectivity index (χ1v) is 7.96. The molecule has 0 radical (unpaired) electrons. The van der Waals surface area contributed by atoms with Crippen LogP contribution in [0.3, 0.4) is 0 Å². The van der Waals surface area contributed by atoms with E-state index < -0.39 is 0 Å². The Kier molecular flexibility index (Phi) is 3.69. The van der Waals surface area contributed by atoms with Crippen LogP contribution in [-0.4, -0.2) is 15.6 Å². The fraction of sp³-hybridized carbons (Fsp3) is 0.438. The van der Waals surface area contributed by atoms with Crippen molar-refractivity contribution in [2.45, 2.75) is 45.2 Å². The van der Waals surface area contributed by atoms with Gasteiger partial charge in [-0.3, -0.25) is 0 Å². The van der Waals surface area contributed by atoms with Gasteiger partial charge >= 0.3 is 0 Å². The number of halogens is 1.